The van der Waals surface area contributed by atoms with E-state index in [1.807, 2.05) is 41.1 Å². The molecule has 0 radical (unpaired) electrons. The van der Waals surface area contributed by atoms with Crippen LogP contribution in [0.5, 0.6) is 0 Å². The minimum atomic E-state index is -5.08. The van der Waals surface area contributed by atoms with Gasteiger partial charge in [-0.3, -0.25) is 4.79 Å². The lowest BCUT2D eigenvalue weighted by Gasteiger charge is -2.19. The minimum Gasteiger partial charge on any atom is -0.475 e. The summed E-state index contributed by atoms with van der Waals surface area (Å²) < 4.78 is 33.7. The Bertz CT molecular complexity index is 904. The number of nitrogens with one attached hydrogen (secondary N) is 1. The van der Waals surface area contributed by atoms with Crippen LogP contribution < -0.4 is 5.32 Å². The molecule has 2 aromatic heterocycles. The first-order valence-corrected chi connectivity index (χ1v) is 8.14. The fourth-order valence-electron chi connectivity index (χ4n) is 2.18. The first-order chi connectivity index (χ1) is 13.8. The highest BCUT2D eigenvalue weighted by molar-refractivity contribution is 5.93. The molecule has 0 spiro atoms. The third kappa shape index (κ3) is 7.05. The SMILES string of the molecule is O=C(NC(Cn1ccnc1)c1ccccc1)c1cncnc1.O=C(O)C(F)(F)F. The maximum absolute atomic E-state index is 12.3. The summed E-state index contributed by atoms with van der Waals surface area (Å²) in [4.78, 5) is 33.0. The molecule has 1 aromatic carbocycles. The van der Waals surface area contributed by atoms with Crippen LogP contribution in [-0.4, -0.2) is 42.7 Å². The highest BCUT2D eigenvalue weighted by atomic mass is 19.4. The summed E-state index contributed by atoms with van der Waals surface area (Å²) in [5.74, 6) is -2.96. The molecule has 0 bridgehead atoms. The molecule has 8 nitrogen and oxygen atoms in total. The average molecular weight is 407 g/mol. The van der Waals surface area contributed by atoms with E-state index in [4.69, 9.17) is 9.90 Å². The number of aromatic nitrogens is 4. The van der Waals surface area contributed by atoms with Crippen LogP contribution in [-0.2, 0) is 11.3 Å². The van der Waals surface area contributed by atoms with Crippen LogP contribution >= 0.6 is 0 Å². The largest absolute Gasteiger partial charge is 0.490 e. The van der Waals surface area contributed by atoms with Gasteiger partial charge in [0.15, 0.2) is 0 Å². The summed E-state index contributed by atoms with van der Waals surface area (Å²) >= 11 is 0. The van der Waals surface area contributed by atoms with Crippen LogP contribution in [0.4, 0.5) is 13.2 Å². The summed E-state index contributed by atoms with van der Waals surface area (Å²) in [5, 5.41) is 10.1. The molecule has 2 heterocycles. The van der Waals surface area contributed by atoms with E-state index in [9.17, 15) is 18.0 Å². The number of amides is 1. The van der Waals surface area contributed by atoms with Crippen molar-refractivity contribution in [3.63, 3.8) is 0 Å². The predicted molar refractivity (Wildman–Crippen MR) is 94.6 cm³/mol. The van der Waals surface area contributed by atoms with Gasteiger partial charge in [0.1, 0.15) is 6.33 Å². The molecule has 1 atom stereocenters. The van der Waals surface area contributed by atoms with E-state index in [0.717, 1.165) is 5.56 Å². The fourth-order valence-corrected chi connectivity index (χ4v) is 2.18. The van der Waals surface area contributed by atoms with Crippen molar-refractivity contribution in [2.45, 2.75) is 18.8 Å². The van der Waals surface area contributed by atoms with Crippen molar-refractivity contribution in [2.24, 2.45) is 0 Å². The van der Waals surface area contributed by atoms with E-state index in [1.165, 1.54) is 18.7 Å². The van der Waals surface area contributed by atoms with Gasteiger partial charge in [-0.25, -0.2) is 19.7 Å². The summed E-state index contributed by atoms with van der Waals surface area (Å²) in [5.41, 5.74) is 1.47. The highest BCUT2D eigenvalue weighted by Gasteiger charge is 2.38. The monoisotopic (exact) mass is 407 g/mol. The second kappa shape index (κ2) is 9.97. The molecular formula is C18H16F3N5O3. The molecule has 152 valence electrons. The molecule has 11 heteroatoms. The zero-order chi connectivity index (χ0) is 21.3. The van der Waals surface area contributed by atoms with Gasteiger partial charge < -0.3 is 15.0 Å². The summed E-state index contributed by atoms with van der Waals surface area (Å²) in [6.07, 6.45) is 4.64. The topological polar surface area (TPSA) is 110 Å². The Morgan fingerprint density at radius 3 is 2.24 bits per heavy atom. The lowest BCUT2D eigenvalue weighted by Crippen LogP contribution is -2.31. The number of imidazole rings is 1. The van der Waals surface area contributed by atoms with E-state index in [1.54, 1.807) is 12.5 Å². The van der Waals surface area contributed by atoms with Gasteiger partial charge in [0.25, 0.3) is 5.91 Å². The number of carboxylic acids is 1. The number of halogens is 3. The molecule has 1 amide bonds. The van der Waals surface area contributed by atoms with Crippen molar-refractivity contribution >= 4 is 11.9 Å². The molecule has 0 saturated heterocycles. The maximum Gasteiger partial charge on any atom is 0.490 e. The highest BCUT2D eigenvalue weighted by Crippen LogP contribution is 2.16. The molecule has 1 unspecified atom stereocenters. The van der Waals surface area contributed by atoms with E-state index in [0.29, 0.717) is 12.1 Å². The van der Waals surface area contributed by atoms with Crippen molar-refractivity contribution < 1.29 is 27.9 Å². The number of hydrogen-bond acceptors (Lipinski definition) is 5. The lowest BCUT2D eigenvalue weighted by molar-refractivity contribution is -0.192. The van der Waals surface area contributed by atoms with Gasteiger partial charge in [-0.1, -0.05) is 30.3 Å². The zero-order valence-electron chi connectivity index (χ0n) is 14.8. The van der Waals surface area contributed by atoms with Gasteiger partial charge in [0.05, 0.1) is 17.9 Å². The van der Waals surface area contributed by atoms with Crippen LogP contribution in [0.1, 0.15) is 22.0 Å². The molecule has 0 aliphatic carbocycles. The standard InChI is InChI=1S/C16H15N5O.C2HF3O2/c22-16(14-8-18-11-19-9-14)20-15(10-21-7-6-17-12-21)13-4-2-1-3-5-13;3-2(4,5)1(6)7/h1-9,11-12,15H,10H2,(H,20,22);(H,6,7). The van der Waals surface area contributed by atoms with Crippen LogP contribution in [0.25, 0.3) is 0 Å². The zero-order valence-corrected chi connectivity index (χ0v) is 14.8. The molecular weight excluding hydrogens is 391 g/mol. The average Bonchev–Trinajstić information content (AvgIpc) is 3.22. The third-order valence-corrected chi connectivity index (χ3v) is 3.53. The molecule has 3 rings (SSSR count). The summed E-state index contributed by atoms with van der Waals surface area (Å²) in [6, 6.07) is 9.67. The maximum atomic E-state index is 12.3. The van der Waals surface area contributed by atoms with Crippen LogP contribution in [0.2, 0.25) is 0 Å². The lowest BCUT2D eigenvalue weighted by atomic mass is 10.1. The Morgan fingerprint density at radius 2 is 1.72 bits per heavy atom. The number of carboxylic acid groups (broad SMARTS) is 1. The quantitative estimate of drug-likeness (QED) is 0.672. The van der Waals surface area contributed by atoms with Crippen molar-refractivity contribution in [2.75, 3.05) is 0 Å². The first-order valence-electron chi connectivity index (χ1n) is 8.14. The van der Waals surface area contributed by atoms with Crippen molar-refractivity contribution in [3.05, 3.63) is 78.9 Å². The number of alkyl halides is 3. The molecule has 29 heavy (non-hydrogen) atoms. The molecule has 3 aromatic rings. The van der Waals surface area contributed by atoms with Gasteiger partial charge in [-0.15, -0.1) is 0 Å². The Morgan fingerprint density at radius 1 is 1.10 bits per heavy atom. The van der Waals surface area contributed by atoms with Gasteiger partial charge in [0, 0.05) is 31.3 Å². The molecule has 2 N–H and O–H groups in total. The second-order valence-electron chi connectivity index (χ2n) is 5.63. The van der Waals surface area contributed by atoms with Gasteiger partial charge in [0.2, 0.25) is 0 Å². The number of rotatable bonds is 5. The normalized spacial score (nSPS) is 11.7. The number of carbonyl (C=O) groups excluding carboxylic acids is 1. The molecule has 0 fully saturated rings. The van der Waals surface area contributed by atoms with Crippen molar-refractivity contribution in [1.29, 1.82) is 0 Å². The molecule has 0 aliphatic heterocycles. The van der Waals surface area contributed by atoms with E-state index in [2.05, 4.69) is 20.3 Å². The predicted octanol–water partition coefficient (Wildman–Crippen LogP) is 2.48. The van der Waals surface area contributed by atoms with Gasteiger partial charge in [-0.2, -0.15) is 13.2 Å². The Labute approximate surface area is 163 Å². The number of hydrogen-bond donors (Lipinski definition) is 2. The number of nitrogens with zero attached hydrogens (tertiary/aromatic N) is 4. The Hall–Kier alpha value is -3.76. The van der Waals surface area contributed by atoms with E-state index >= 15 is 0 Å². The summed E-state index contributed by atoms with van der Waals surface area (Å²) in [6.45, 7) is 0.601. The van der Waals surface area contributed by atoms with Crippen LogP contribution in [0, 0.1) is 0 Å². The first kappa shape index (κ1) is 21.5. The van der Waals surface area contributed by atoms with Crippen molar-refractivity contribution in [1.82, 2.24) is 24.8 Å². The number of carbonyl (C=O) groups is 2. The van der Waals surface area contributed by atoms with Gasteiger partial charge in [-0.05, 0) is 5.56 Å². The van der Waals surface area contributed by atoms with Crippen LogP contribution in [0.3, 0.4) is 0 Å². The van der Waals surface area contributed by atoms with Crippen LogP contribution in [0.15, 0.2) is 67.8 Å². The molecule has 0 aliphatic rings. The van der Waals surface area contributed by atoms with Gasteiger partial charge >= 0.3 is 12.1 Å². The smallest absolute Gasteiger partial charge is 0.475 e. The third-order valence-electron chi connectivity index (χ3n) is 3.53. The second-order valence-corrected chi connectivity index (χ2v) is 5.63. The minimum absolute atomic E-state index is 0.164. The Kier molecular flexibility index (Phi) is 7.40. The summed E-state index contributed by atoms with van der Waals surface area (Å²) in [7, 11) is 0. The van der Waals surface area contributed by atoms with Crippen molar-refractivity contribution in [3.8, 4) is 0 Å². The Balaban J connectivity index is 0.000000370. The fraction of sp³-hybridized carbons (Fsp3) is 0.167. The van der Waals surface area contributed by atoms with E-state index < -0.39 is 12.1 Å². The molecule has 0 saturated carbocycles. The number of aliphatic carboxylic acids is 1. The van der Waals surface area contributed by atoms with E-state index in [-0.39, 0.29) is 11.9 Å². The number of benzene rings is 1.